The van der Waals surface area contributed by atoms with Gasteiger partial charge in [-0.1, -0.05) is 12.1 Å². The molecule has 1 saturated heterocycles. The van der Waals surface area contributed by atoms with Crippen molar-refractivity contribution in [1.82, 2.24) is 9.62 Å². The standard InChI is InChI=1S/C21H26N4O3S2/c1-14-20-16(6-9-23-14)12-19(29-20)21(26)24-13-15-2-4-18(5-3-15)30(27,28)25-10-7-17(22)8-11-25/h2-6,9,12,14,17,20H,7-8,10-11,13,22H2,1H3,(H,24,26). The number of nitrogens with one attached hydrogen (secondary N) is 1. The Morgan fingerprint density at radius 3 is 2.63 bits per heavy atom. The largest absolute Gasteiger partial charge is 0.348 e. The van der Waals surface area contributed by atoms with Crippen molar-refractivity contribution in [3.05, 3.63) is 52.5 Å². The second-order valence-electron chi connectivity index (χ2n) is 7.82. The van der Waals surface area contributed by atoms with Gasteiger partial charge < -0.3 is 11.1 Å². The van der Waals surface area contributed by atoms with Crippen molar-refractivity contribution in [1.29, 1.82) is 0 Å². The zero-order valence-electron chi connectivity index (χ0n) is 16.8. The lowest BCUT2D eigenvalue weighted by atomic mass is 10.0. The van der Waals surface area contributed by atoms with E-state index < -0.39 is 10.0 Å². The average Bonchev–Trinajstić information content (AvgIpc) is 3.19. The molecule has 0 saturated carbocycles. The topological polar surface area (TPSA) is 105 Å². The van der Waals surface area contributed by atoms with Crippen LogP contribution < -0.4 is 11.1 Å². The monoisotopic (exact) mass is 446 g/mol. The normalized spacial score (nSPS) is 24.9. The number of allylic oxidation sites excluding steroid dienone is 2. The van der Waals surface area contributed by atoms with Crippen molar-refractivity contribution in [3.8, 4) is 0 Å². The van der Waals surface area contributed by atoms with Gasteiger partial charge in [0.2, 0.25) is 10.0 Å². The van der Waals surface area contributed by atoms with Crippen LogP contribution >= 0.6 is 11.8 Å². The van der Waals surface area contributed by atoms with Crippen molar-refractivity contribution in [2.45, 2.75) is 48.5 Å². The van der Waals surface area contributed by atoms with Crippen LogP contribution in [-0.2, 0) is 21.4 Å². The van der Waals surface area contributed by atoms with Crippen molar-refractivity contribution in [2.24, 2.45) is 10.7 Å². The third kappa shape index (κ3) is 4.39. The molecule has 2 atom stereocenters. The fourth-order valence-electron chi connectivity index (χ4n) is 3.77. The summed E-state index contributed by atoms with van der Waals surface area (Å²) in [5.74, 6) is -0.121. The minimum atomic E-state index is -3.50. The number of hydrogen-bond acceptors (Lipinski definition) is 6. The van der Waals surface area contributed by atoms with Gasteiger partial charge in [0.15, 0.2) is 0 Å². The predicted octanol–water partition coefficient (Wildman–Crippen LogP) is 1.81. The predicted molar refractivity (Wildman–Crippen MR) is 120 cm³/mol. The molecule has 3 aliphatic heterocycles. The quantitative estimate of drug-likeness (QED) is 0.718. The molecule has 0 radical (unpaired) electrons. The summed E-state index contributed by atoms with van der Waals surface area (Å²) in [6.45, 7) is 3.29. The molecule has 0 aromatic heterocycles. The Morgan fingerprint density at radius 2 is 1.97 bits per heavy atom. The van der Waals surface area contributed by atoms with Crippen molar-refractivity contribution < 1.29 is 13.2 Å². The first-order chi connectivity index (χ1) is 14.3. The van der Waals surface area contributed by atoms with Gasteiger partial charge in [-0.05, 0) is 55.2 Å². The number of carbonyl (C=O) groups is 1. The summed E-state index contributed by atoms with van der Waals surface area (Å²) in [6.07, 6.45) is 7.03. The number of hydrogen-bond donors (Lipinski definition) is 2. The van der Waals surface area contributed by atoms with Gasteiger partial charge in [-0.15, -0.1) is 11.8 Å². The summed E-state index contributed by atoms with van der Waals surface area (Å²) >= 11 is 1.54. The minimum Gasteiger partial charge on any atom is -0.348 e. The van der Waals surface area contributed by atoms with Crippen LogP contribution in [0.1, 0.15) is 25.3 Å². The lowest BCUT2D eigenvalue weighted by Gasteiger charge is -2.29. The van der Waals surface area contributed by atoms with Gasteiger partial charge in [-0.25, -0.2) is 8.42 Å². The van der Waals surface area contributed by atoms with E-state index in [2.05, 4.69) is 10.3 Å². The molecule has 1 fully saturated rings. The van der Waals surface area contributed by atoms with E-state index in [9.17, 15) is 13.2 Å². The molecule has 3 N–H and O–H groups in total. The zero-order valence-corrected chi connectivity index (χ0v) is 18.5. The van der Waals surface area contributed by atoms with E-state index in [1.54, 1.807) is 42.2 Å². The van der Waals surface area contributed by atoms with Gasteiger partial charge in [0.05, 0.1) is 21.1 Å². The first-order valence-corrected chi connectivity index (χ1v) is 12.4. The van der Waals surface area contributed by atoms with Crippen molar-refractivity contribution >= 4 is 33.9 Å². The fraction of sp³-hybridized carbons (Fsp3) is 0.429. The van der Waals surface area contributed by atoms with Crippen LogP contribution in [0.25, 0.3) is 0 Å². The molecule has 0 aliphatic carbocycles. The van der Waals surface area contributed by atoms with Gasteiger partial charge in [0, 0.05) is 31.9 Å². The van der Waals surface area contributed by atoms with Gasteiger partial charge >= 0.3 is 0 Å². The van der Waals surface area contributed by atoms with E-state index in [4.69, 9.17) is 5.73 Å². The molecule has 4 rings (SSSR count). The molecule has 0 bridgehead atoms. The van der Waals surface area contributed by atoms with Gasteiger partial charge in [-0.2, -0.15) is 4.31 Å². The second kappa shape index (κ2) is 8.66. The molecule has 2 unspecified atom stereocenters. The molecule has 3 heterocycles. The smallest absolute Gasteiger partial charge is 0.257 e. The van der Waals surface area contributed by atoms with E-state index in [1.165, 1.54) is 4.31 Å². The molecule has 1 aromatic carbocycles. The number of nitrogens with two attached hydrogens (primary N) is 1. The van der Waals surface area contributed by atoms with E-state index in [0.29, 0.717) is 37.4 Å². The summed E-state index contributed by atoms with van der Waals surface area (Å²) < 4.78 is 27.1. The summed E-state index contributed by atoms with van der Waals surface area (Å²) in [4.78, 5) is 17.9. The number of rotatable bonds is 5. The highest BCUT2D eigenvalue weighted by atomic mass is 32.2. The third-order valence-corrected chi connectivity index (χ3v) is 9.03. The highest BCUT2D eigenvalue weighted by molar-refractivity contribution is 8.05. The number of carbonyl (C=O) groups excluding carboxylic acids is 1. The number of dihydropyridines is 1. The van der Waals surface area contributed by atoms with E-state index in [0.717, 1.165) is 11.1 Å². The Kier molecular flexibility index (Phi) is 6.15. The number of benzene rings is 1. The SMILES string of the molecule is CC1N=CC=C2C=C(C(=O)NCc3ccc(S(=O)(=O)N4CCC(N)CC4)cc3)SC21. The number of piperidine rings is 1. The molecule has 9 heteroatoms. The lowest BCUT2D eigenvalue weighted by Crippen LogP contribution is -2.42. The highest BCUT2D eigenvalue weighted by Crippen LogP contribution is 2.40. The van der Waals surface area contributed by atoms with Crippen LogP contribution in [-0.4, -0.2) is 55.3 Å². The van der Waals surface area contributed by atoms with Gasteiger partial charge in [-0.3, -0.25) is 9.79 Å². The Hall–Kier alpha value is -1.94. The number of nitrogens with zero attached hydrogens (tertiary/aromatic N) is 2. The summed E-state index contributed by atoms with van der Waals surface area (Å²) in [5.41, 5.74) is 7.84. The maximum Gasteiger partial charge on any atom is 0.257 e. The summed E-state index contributed by atoms with van der Waals surface area (Å²) in [5, 5.41) is 3.12. The van der Waals surface area contributed by atoms with Crippen LogP contribution in [0, 0.1) is 0 Å². The molecule has 3 aliphatic rings. The Morgan fingerprint density at radius 1 is 1.27 bits per heavy atom. The van der Waals surface area contributed by atoms with Crippen LogP contribution in [0.4, 0.5) is 0 Å². The third-order valence-electron chi connectivity index (χ3n) is 5.64. The molecule has 1 aromatic rings. The molecular formula is C21H26N4O3S2. The number of sulfonamides is 1. The van der Waals surface area contributed by atoms with Crippen molar-refractivity contribution in [3.63, 3.8) is 0 Å². The second-order valence-corrected chi connectivity index (χ2v) is 10.9. The van der Waals surface area contributed by atoms with E-state index in [1.807, 2.05) is 19.1 Å². The summed E-state index contributed by atoms with van der Waals surface area (Å²) in [7, 11) is -3.50. The van der Waals surface area contributed by atoms with Gasteiger partial charge in [0.25, 0.3) is 5.91 Å². The Balaban J connectivity index is 1.35. The maximum atomic E-state index is 12.8. The molecule has 7 nitrogen and oxygen atoms in total. The van der Waals surface area contributed by atoms with E-state index in [-0.39, 0.29) is 28.1 Å². The molecular weight excluding hydrogens is 420 g/mol. The highest BCUT2D eigenvalue weighted by Gasteiger charge is 2.32. The van der Waals surface area contributed by atoms with Gasteiger partial charge in [0.1, 0.15) is 0 Å². The molecule has 0 spiro atoms. The van der Waals surface area contributed by atoms with Crippen LogP contribution in [0.5, 0.6) is 0 Å². The maximum absolute atomic E-state index is 12.8. The summed E-state index contributed by atoms with van der Waals surface area (Å²) in [6, 6.07) is 6.93. The minimum absolute atomic E-state index is 0.0755. The average molecular weight is 447 g/mol. The Labute approximate surface area is 181 Å². The fourth-order valence-corrected chi connectivity index (χ4v) is 6.44. The van der Waals surface area contributed by atoms with Crippen LogP contribution in [0.2, 0.25) is 0 Å². The molecule has 30 heavy (non-hydrogen) atoms. The van der Waals surface area contributed by atoms with Crippen molar-refractivity contribution in [2.75, 3.05) is 13.1 Å². The first-order valence-electron chi connectivity index (χ1n) is 10.1. The zero-order chi connectivity index (χ0) is 21.3. The van der Waals surface area contributed by atoms with E-state index >= 15 is 0 Å². The first kappa shape index (κ1) is 21.3. The number of aliphatic imine (C=N–C) groups is 1. The number of fused-ring (bicyclic) bond motifs is 1. The number of thioether (sulfide) groups is 1. The molecule has 160 valence electrons. The lowest BCUT2D eigenvalue weighted by molar-refractivity contribution is -0.116. The molecule has 1 amide bonds. The Bertz CT molecular complexity index is 1010. The number of amides is 1. The van der Waals surface area contributed by atoms with Crippen LogP contribution in [0.3, 0.4) is 0 Å². The van der Waals surface area contributed by atoms with Crippen LogP contribution in [0.15, 0.2) is 56.8 Å².